The first-order valence-electron chi connectivity index (χ1n) is 7.31. The monoisotopic (exact) mass is 288 g/mol. The van der Waals surface area contributed by atoms with E-state index in [1.54, 1.807) is 0 Å². The first-order valence-corrected chi connectivity index (χ1v) is 7.31. The van der Waals surface area contributed by atoms with E-state index in [0.29, 0.717) is 19.6 Å². The predicted molar refractivity (Wildman–Crippen MR) is 83.6 cm³/mol. The summed E-state index contributed by atoms with van der Waals surface area (Å²) in [5.74, 6) is 4.88. The van der Waals surface area contributed by atoms with Gasteiger partial charge in [0.15, 0.2) is 0 Å². The molecule has 0 aliphatic carbocycles. The van der Waals surface area contributed by atoms with Crippen LogP contribution in [0.1, 0.15) is 45.6 Å². The fourth-order valence-electron chi connectivity index (χ4n) is 1.62. The third-order valence-electron chi connectivity index (χ3n) is 2.54. The Labute approximate surface area is 127 Å². The van der Waals surface area contributed by atoms with Gasteiger partial charge in [0.2, 0.25) is 0 Å². The molecular weight excluding hydrogens is 264 g/mol. The molecule has 0 aliphatic heterocycles. The Bertz CT molecular complexity index is 475. The van der Waals surface area contributed by atoms with E-state index in [1.807, 2.05) is 51.1 Å². The van der Waals surface area contributed by atoms with Crippen molar-refractivity contribution >= 4 is 5.97 Å². The first kappa shape index (κ1) is 17.3. The van der Waals surface area contributed by atoms with Gasteiger partial charge in [-0.3, -0.25) is 0 Å². The zero-order chi connectivity index (χ0) is 15.6. The number of hydrogen-bond donors (Lipinski definition) is 0. The molecule has 0 bridgehead atoms. The minimum absolute atomic E-state index is 0.456. The molecule has 21 heavy (non-hydrogen) atoms. The van der Waals surface area contributed by atoms with Crippen LogP contribution in [-0.4, -0.2) is 18.2 Å². The van der Waals surface area contributed by atoms with Gasteiger partial charge in [-0.25, -0.2) is 4.79 Å². The topological polar surface area (TPSA) is 35.5 Å². The molecular formula is C18H24O3. The van der Waals surface area contributed by atoms with E-state index < -0.39 is 11.6 Å². The number of benzene rings is 1. The minimum atomic E-state index is -0.475. The van der Waals surface area contributed by atoms with Crippen molar-refractivity contribution in [1.82, 2.24) is 0 Å². The van der Waals surface area contributed by atoms with Gasteiger partial charge in [0.1, 0.15) is 5.60 Å². The van der Waals surface area contributed by atoms with Crippen LogP contribution < -0.4 is 0 Å². The van der Waals surface area contributed by atoms with Gasteiger partial charge in [-0.1, -0.05) is 36.3 Å². The number of esters is 1. The van der Waals surface area contributed by atoms with Gasteiger partial charge in [-0.15, -0.1) is 0 Å². The third kappa shape index (κ3) is 9.70. The summed E-state index contributed by atoms with van der Waals surface area (Å²) < 4.78 is 10.7. The average Bonchev–Trinajstić information content (AvgIpc) is 2.41. The second-order valence-electron chi connectivity index (χ2n) is 5.80. The van der Waals surface area contributed by atoms with E-state index in [4.69, 9.17) is 9.47 Å². The van der Waals surface area contributed by atoms with Gasteiger partial charge in [-0.05, 0) is 39.2 Å². The first-order chi connectivity index (χ1) is 9.97. The minimum Gasteiger partial charge on any atom is -0.450 e. The van der Waals surface area contributed by atoms with Crippen LogP contribution in [0.5, 0.6) is 0 Å². The lowest BCUT2D eigenvalue weighted by molar-refractivity contribution is -0.147. The van der Waals surface area contributed by atoms with Crippen LogP contribution >= 0.6 is 0 Å². The molecule has 3 nitrogen and oxygen atoms in total. The Morgan fingerprint density at radius 1 is 1.14 bits per heavy atom. The van der Waals surface area contributed by atoms with Crippen LogP contribution in [0.4, 0.5) is 0 Å². The van der Waals surface area contributed by atoms with E-state index in [-0.39, 0.29) is 0 Å². The van der Waals surface area contributed by atoms with Crippen LogP contribution in [0.25, 0.3) is 0 Å². The Kier molecular flexibility index (Phi) is 7.56. The Balaban J connectivity index is 2.04. The van der Waals surface area contributed by atoms with Crippen LogP contribution in [0.15, 0.2) is 30.3 Å². The molecule has 1 rings (SSSR count). The fraction of sp³-hybridized carbons (Fsp3) is 0.500. The summed E-state index contributed by atoms with van der Waals surface area (Å²) in [6.07, 6.45) is 2.55. The molecule has 0 heterocycles. The largest absolute Gasteiger partial charge is 0.450 e. The molecule has 0 N–H and O–H groups in total. The molecule has 1 aromatic carbocycles. The van der Waals surface area contributed by atoms with Gasteiger partial charge in [0, 0.05) is 18.9 Å². The predicted octanol–water partition coefficient (Wildman–Crippen LogP) is 3.72. The molecule has 0 radical (unpaired) electrons. The normalized spacial score (nSPS) is 10.6. The average molecular weight is 288 g/mol. The second-order valence-corrected chi connectivity index (χ2v) is 5.80. The zero-order valence-corrected chi connectivity index (χ0v) is 13.1. The lowest BCUT2D eigenvalue weighted by Crippen LogP contribution is -2.22. The van der Waals surface area contributed by atoms with Gasteiger partial charge < -0.3 is 9.47 Å². The van der Waals surface area contributed by atoms with Gasteiger partial charge in [0.25, 0.3) is 0 Å². The molecule has 114 valence electrons. The summed E-state index contributed by atoms with van der Waals surface area (Å²) >= 11 is 0. The lowest BCUT2D eigenvalue weighted by Gasteiger charge is -2.16. The number of carbonyl (C=O) groups excluding carboxylic acids is 1. The van der Waals surface area contributed by atoms with Gasteiger partial charge in [-0.2, -0.15) is 0 Å². The maximum absolute atomic E-state index is 11.3. The van der Waals surface area contributed by atoms with Crippen LogP contribution in [-0.2, 0) is 20.9 Å². The quantitative estimate of drug-likeness (QED) is 0.346. The standard InChI is InChI=1S/C18H24O3/c1-18(2,3)21-17(19)13-9-4-5-10-14-20-15-16-11-7-6-8-12-16/h6-8,11-12H,4-5,10,14-15H2,1-3H3. The second kappa shape index (κ2) is 9.20. The number of ether oxygens (including phenoxy) is 2. The van der Waals surface area contributed by atoms with Crippen molar-refractivity contribution in [3.8, 4) is 11.8 Å². The molecule has 0 saturated heterocycles. The van der Waals surface area contributed by atoms with Crippen molar-refractivity contribution < 1.29 is 14.3 Å². The van der Waals surface area contributed by atoms with Crippen LogP contribution in [0.3, 0.4) is 0 Å². The SMILES string of the molecule is CC(C)(C)OC(=O)C#CCCCCOCc1ccccc1. The highest BCUT2D eigenvalue weighted by Gasteiger charge is 2.13. The summed E-state index contributed by atoms with van der Waals surface area (Å²) in [5, 5.41) is 0. The van der Waals surface area contributed by atoms with E-state index in [1.165, 1.54) is 5.56 Å². The molecule has 0 amide bonds. The van der Waals surface area contributed by atoms with E-state index >= 15 is 0 Å². The fourth-order valence-corrected chi connectivity index (χ4v) is 1.62. The maximum Gasteiger partial charge on any atom is 0.384 e. The highest BCUT2D eigenvalue weighted by Crippen LogP contribution is 2.06. The van der Waals surface area contributed by atoms with Crippen molar-refractivity contribution in [2.45, 2.75) is 52.2 Å². The summed E-state index contributed by atoms with van der Waals surface area (Å²) in [6, 6.07) is 10.1. The lowest BCUT2D eigenvalue weighted by atomic mass is 10.2. The van der Waals surface area contributed by atoms with E-state index in [9.17, 15) is 4.79 Å². The van der Waals surface area contributed by atoms with Gasteiger partial charge in [0.05, 0.1) is 6.61 Å². The number of rotatable bonds is 6. The molecule has 0 atom stereocenters. The third-order valence-corrected chi connectivity index (χ3v) is 2.54. The molecule has 0 fully saturated rings. The smallest absolute Gasteiger partial charge is 0.384 e. The van der Waals surface area contributed by atoms with Gasteiger partial charge >= 0.3 is 5.97 Å². The number of unbranched alkanes of at least 4 members (excludes halogenated alkanes) is 2. The maximum atomic E-state index is 11.3. The Morgan fingerprint density at radius 3 is 2.52 bits per heavy atom. The van der Waals surface area contributed by atoms with Crippen LogP contribution in [0, 0.1) is 11.8 Å². The number of carbonyl (C=O) groups is 1. The van der Waals surface area contributed by atoms with Crippen molar-refractivity contribution in [2.75, 3.05) is 6.61 Å². The molecule has 0 unspecified atom stereocenters. The molecule has 0 aromatic heterocycles. The highest BCUT2D eigenvalue weighted by atomic mass is 16.6. The summed E-state index contributed by atoms with van der Waals surface area (Å²) in [5.41, 5.74) is 0.707. The summed E-state index contributed by atoms with van der Waals surface area (Å²) in [4.78, 5) is 11.3. The summed E-state index contributed by atoms with van der Waals surface area (Å²) in [6.45, 7) is 6.84. The molecule has 0 aliphatic rings. The Hall–Kier alpha value is -1.79. The van der Waals surface area contributed by atoms with E-state index in [2.05, 4.69) is 11.8 Å². The molecule has 1 aromatic rings. The van der Waals surface area contributed by atoms with Crippen LogP contribution in [0.2, 0.25) is 0 Å². The highest BCUT2D eigenvalue weighted by molar-refractivity contribution is 5.88. The molecule has 3 heteroatoms. The molecule has 0 spiro atoms. The van der Waals surface area contributed by atoms with Crippen molar-refractivity contribution in [3.05, 3.63) is 35.9 Å². The van der Waals surface area contributed by atoms with E-state index in [0.717, 1.165) is 12.8 Å². The zero-order valence-electron chi connectivity index (χ0n) is 13.1. The van der Waals surface area contributed by atoms with Crippen molar-refractivity contribution in [1.29, 1.82) is 0 Å². The molecule has 0 saturated carbocycles. The summed E-state index contributed by atoms with van der Waals surface area (Å²) in [7, 11) is 0. The number of hydrogen-bond acceptors (Lipinski definition) is 3. The van der Waals surface area contributed by atoms with Crippen molar-refractivity contribution in [3.63, 3.8) is 0 Å². The van der Waals surface area contributed by atoms with Crippen molar-refractivity contribution in [2.24, 2.45) is 0 Å². The Morgan fingerprint density at radius 2 is 1.86 bits per heavy atom.